The number of benzene rings is 2. The summed E-state index contributed by atoms with van der Waals surface area (Å²) in [5, 5.41) is 2.82. The molecule has 28 heavy (non-hydrogen) atoms. The molecule has 0 aromatic heterocycles. The molecule has 0 fully saturated rings. The average molecular weight is 423 g/mol. The Hall–Kier alpha value is -2.19. The molecule has 0 aliphatic heterocycles. The van der Waals surface area contributed by atoms with Crippen molar-refractivity contribution in [3.8, 4) is 5.75 Å². The lowest BCUT2D eigenvalue weighted by molar-refractivity contribution is -0.121. The van der Waals surface area contributed by atoms with Gasteiger partial charge < -0.3 is 10.1 Å². The lowest BCUT2D eigenvalue weighted by atomic mass is 10.2. The number of hydrogen-bond acceptors (Lipinski definition) is 5. The highest BCUT2D eigenvalue weighted by molar-refractivity contribution is 7.99. The highest BCUT2D eigenvalue weighted by atomic mass is 32.2. The van der Waals surface area contributed by atoms with Crippen LogP contribution < -0.4 is 14.4 Å². The molecule has 1 atom stereocenters. The lowest BCUT2D eigenvalue weighted by Crippen LogP contribution is -2.48. The molecule has 0 bridgehead atoms. The van der Waals surface area contributed by atoms with Crippen molar-refractivity contribution in [2.24, 2.45) is 0 Å². The van der Waals surface area contributed by atoms with Gasteiger partial charge in [-0.25, -0.2) is 8.42 Å². The number of carbonyl (C=O) groups excluding carboxylic acids is 1. The fourth-order valence-corrected chi connectivity index (χ4v) is 4.62. The van der Waals surface area contributed by atoms with E-state index in [9.17, 15) is 13.2 Å². The SMILES string of the molecule is COc1cccc(N([C@H](C)C(=O)NCCSc2ccc(C)cc2)S(C)(=O)=O)c1. The normalized spacial score (nSPS) is 12.3. The number of sulfonamides is 1. The van der Waals surface area contributed by atoms with Gasteiger partial charge in [-0.15, -0.1) is 11.8 Å². The van der Waals surface area contributed by atoms with Crippen LogP contribution in [0.3, 0.4) is 0 Å². The molecule has 8 heteroatoms. The third-order valence-electron chi connectivity index (χ3n) is 4.09. The van der Waals surface area contributed by atoms with Gasteiger partial charge in [-0.3, -0.25) is 9.10 Å². The summed E-state index contributed by atoms with van der Waals surface area (Å²) in [6, 6.07) is 13.9. The Labute approximate surface area is 171 Å². The summed E-state index contributed by atoms with van der Waals surface area (Å²) in [4.78, 5) is 13.7. The highest BCUT2D eigenvalue weighted by Crippen LogP contribution is 2.25. The van der Waals surface area contributed by atoms with Crippen LogP contribution in [0.5, 0.6) is 5.75 Å². The number of methoxy groups -OCH3 is 1. The van der Waals surface area contributed by atoms with Crippen LogP contribution in [-0.4, -0.2) is 46.0 Å². The largest absolute Gasteiger partial charge is 0.497 e. The molecule has 1 amide bonds. The molecule has 0 spiro atoms. The van der Waals surface area contributed by atoms with Crippen molar-refractivity contribution in [3.63, 3.8) is 0 Å². The second kappa shape index (κ2) is 9.84. The molecular weight excluding hydrogens is 396 g/mol. The van der Waals surface area contributed by atoms with Gasteiger partial charge in [-0.1, -0.05) is 23.8 Å². The van der Waals surface area contributed by atoms with E-state index in [1.165, 1.54) is 12.7 Å². The number of thioether (sulfide) groups is 1. The van der Waals surface area contributed by atoms with Crippen LogP contribution in [0.25, 0.3) is 0 Å². The summed E-state index contributed by atoms with van der Waals surface area (Å²) >= 11 is 1.63. The summed E-state index contributed by atoms with van der Waals surface area (Å²) in [5.74, 6) is 0.866. The minimum atomic E-state index is -3.65. The standard InChI is InChI=1S/C20H26N2O4S2/c1-15-8-10-19(11-9-15)27-13-12-21-20(23)16(2)22(28(4,24)25)17-6-5-7-18(14-17)26-3/h5-11,14,16H,12-13H2,1-4H3,(H,21,23)/t16-/m1/s1. The molecule has 2 aromatic rings. The van der Waals surface area contributed by atoms with E-state index in [1.807, 2.05) is 31.2 Å². The number of rotatable bonds is 9. The van der Waals surface area contributed by atoms with Gasteiger partial charge in [0.05, 0.1) is 19.1 Å². The Bertz CT molecular complexity index is 899. The maximum absolute atomic E-state index is 12.6. The highest BCUT2D eigenvalue weighted by Gasteiger charge is 2.29. The zero-order chi connectivity index (χ0) is 20.7. The van der Waals surface area contributed by atoms with Crippen molar-refractivity contribution < 1.29 is 17.9 Å². The van der Waals surface area contributed by atoms with Crippen LogP contribution in [0, 0.1) is 6.92 Å². The van der Waals surface area contributed by atoms with E-state index in [0.29, 0.717) is 23.7 Å². The summed E-state index contributed by atoms with van der Waals surface area (Å²) in [7, 11) is -2.15. The maximum atomic E-state index is 12.6. The number of amides is 1. The quantitative estimate of drug-likeness (QED) is 0.497. The molecule has 2 aromatic carbocycles. The van der Waals surface area contributed by atoms with Crippen LogP contribution >= 0.6 is 11.8 Å². The van der Waals surface area contributed by atoms with E-state index >= 15 is 0 Å². The molecule has 0 saturated heterocycles. The second-order valence-corrected chi connectivity index (χ2v) is 9.42. The van der Waals surface area contributed by atoms with Crippen LogP contribution in [0.15, 0.2) is 53.4 Å². The van der Waals surface area contributed by atoms with Crippen LogP contribution in [-0.2, 0) is 14.8 Å². The molecule has 0 aliphatic carbocycles. The molecule has 1 N–H and O–H groups in total. The average Bonchev–Trinajstić information content (AvgIpc) is 2.65. The Morgan fingerprint density at radius 3 is 2.50 bits per heavy atom. The first kappa shape index (κ1) is 22.1. The number of aryl methyl sites for hydroxylation is 1. The predicted molar refractivity (Wildman–Crippen MR) is 115 cm³/mol. The van der Waals surface area contributed by atoms with E-state index in [4.69, 9.17) is 4.74 Å². The summed E-state index contributed by atoms with van der Waals surface area (Å²) < 4.78 is 30.9. The van der Waals surface area contributed by atoms with Gasteiger partial charge in [0.25, 0.3) is 0 Å². The van der Waals surface area contributed by atoms with Crippen molar-refractivity contribution in [2.45, 2.75) is 24.8 Å². The minimum absolute atomic E-state index is 0.349. The first-order chi connectivity index (χ1) is 13.2. The second-order valence-electron chi connectivity index (χ2n) is 6.39. The van der Waals surface area contributed by atoms with Gasteiger partial charge in [0.15, 0.2) is 0 Å². The molecule has 0 radical (unpaired) electrons. The molecule has 0 heterocycles. The van der Waals surface area contributed by atoms with E-state index < -0.39 is 16.1 Å². The van der Waals surface area contributed by atoms with Gasteiger partial charge in [0.2, 0.25) is 15.9 Å². The number of ether oxygens (including phenoxy) is 1. The number of anilines is 1. The monoisotopic (exact) mass is 422 g/mol. The van der Waals surface area contributed by atoms with Gasteiger partial charge in [-0.05, 0) is 38.1 Å². The van der Waals surface area contributed by atoms with E-state index in [1.54, 1.807) is 43.0 Å². The van der Waals surface area contributed by atoms with Gasteiger partial charge in [0, 0.05) is 23.3 Å². The number of nitrogens with one attached hydrogen (secondary N) is 1. The topological polar surface area (TPSA) is 75.7 Å². The molecular formula is C20H26N2O4S2. The molecule has 0 aliphatic rings. The maximum Gasteiger partial charge on any atom is 0.243 e. The van der Waals surface area contributed by atoms with Crippen molar-refractivity contribution >= 4 is 33.4 Å². The lowest BCUT2D eigenvalue weighted by Gasteiger charge is -2.28. The third-order valence-corrected chi connectivity index (χ3v) is 6.34. The van der Waals surface area contributed by atoms with Gasteiger partial charge in [-0.2, -0.15) is 0 Å². The van der Waals surface area contributed by atoms with E-state index in [0.717, 1.165) is 15.5 Å². The third kappa shape index (κ3) is 6.17. The summed E-state index contributed by atoms with van der Waals surface area (Å²) in [5.41, 5.74) is 1.59. The van der Waals surface area contributed by atoms with E-state index in [-0.39, 0.29) is 5.91 Å². The predicted octanol–water partition coefficient (Wildman–Crippen LogP) is 3.07. The molecule has 152 valence electrons. The van der Waals surface area contributed by atoms with Gasteiger partial charge in [0.1, 0.15) is 11.8 Å². The van der Waals surface area contributed by atoms with Crippen molar-refractivity contribution in [1.82, 2.24) is 5.32 Å². The van der Waals surface area contributed by atoms with Crippen molar-refractivity contribution in [2.75, 3.05) is 30.0 Å². The van der Waals surface area contributed by atoms with Crippen LogP contribution in [0.1, 0.15) is 12.5 Å². The Morgan fingerprint density at radius 2 is 1.89 bits per heavy atom. The summed E-state index contributed by atoms with van der Waals surface area (Å²) in [6.45, 7) is 4.05. The molecule has 6 nitrogen and oxygen atoms in total. The zero-order valence-electron chi connectivity index (χ0n) is 16.5. The van der Waals surface area contributed by atoms with Gasteiger partial charge >= 0.3 is 0 Å². The minimum Gasteiger partial charge on any atom is -0.497 e. The van der Waals surface area contributed by atoms with E-state index in [2.05, 4.69) is 5.32 Å². The smallest absolute Gasteiger partial charge is 0.243 e. The fourth-order valence-electron chi connectivity index (χ4n) is 2.68. The first-order valence-corrected chi connectivity index (χ1v) is 11.7. The van der Waals surface area contributed by atoms with Crippen molar-refractivity contribution in [1.29, 1.82) is 0 Å². The molecule has 2 rings (SSSR count). The Balaban J connectivity index is 2.00. The first-order valence-electron chi connectivity index (χ1n) is 8.83. The Kier molecular flexibility index (Phi) is 7.77. The molecule has 0 unspecified atom stereocenters. The van der Waals surface area contributed by atoms with Crippen molar-refractivity contribution in [3.05, 3.63) is 54.1 Å². The number of carbonyl (C=O) groups is 1. The van der Waals surface area contributed by atoms with Crippen LogP contribution in [0.4, 0.5) is 5.69 Å². The number of nitrogens with zero attached hydrogens (tertiary/aromatic N) is 1. The molecule has 0 saturated carbocycles. The number of hydrogen-bond donors (Lipinski definition) is 1. The van der Waals surface area contributed by atoms with Crippen LogP contribution in [0.2, 0.25) is 0 Å². The Morgan fingerprint density at radius 1 is 1.21 bits per heavy atom. The zero-order valence-corrected chi connectivity index (χ0v) is 18.1. The fraction of sp³-hybridized carbons (Fsp3) is 0.350. The summed E-state index contributed by atoms with van der Waals surface area (Å²) in [6.07, 6.45) is 1.09.